The molecule has 1 aromatic rings. The zero-order valence-electron chi connectivity index (χ0n) is 13.8. The summed E-state index contributed by atoms with van der Waals surface area (Å²) in [6.07, 6.45) is 10.3. The Labute approximate surface area is 134 Å². The summed E-state index contributed by atoms with van der Waals surface area (Å²) in [5.41, 5.74) is 1.31. The Morgan fingerprint density at radius 2 is 1.91 bits per heavy atom. The molecule has 0 unspecified atom stereocenters. The van der Waals surface area contributed by atoms with Crippen LogP contribution < -0.4 is 10.1 Å². The highest BCUT2D eigenvalue weighted by atomic mass is 16.5. The van der Waals surface area contributed by atoms with Crippen molar-refractivity contribution in [1.29, 1.82) is 0 Å². The van der Waals surface area contributed by atoms with Crippen LogP contribution in [0.3, 0.4) is 0 Å². The zero-order chi connectivity index (χ0) is 15.6. The molecule has 22 heavy (non-hydrogen) atoms. The van der Waals surface area contributed by atoms with Gasteiger partial charge in [-0.3, -0.25) is 4.79 Å². The summed E-state index contributed by atoms with van der Waals surface area (Å²) in [6, 6.07) is 8.18. The molecule has 1 fully saturated rings. The molecule has 0 aromatic heterocycles. The van der Waals surface area contributed by atoms with Crippen LogP contribution in [0.5, 0.6) is 5.75 Å². The van der Waals surface area contributed by atoms with Crippen molar-refractivity contribution < 1.29 is 9.53 Å². The predicted octanol–water partition coefficient (Wildman–Crippen LogP) is 4.10. The second kappa shape index (κ2) is 9.50. The number of aryl methyl sites for hydroxylation is 1. The van der Waals surface area contributed by atoms with Crippen LogP contribution in [0.15, 0.2) is 24.3 Å². The van der Waals surface area contributed by atoms with Crippen molar-refractivity contribution >= 4 is 5.91 Å². The Kier molecular flexibility index (Phi) is 7.27. The molecular weight excluding hydrogens is 274 g/mol. The van der Waals surface area contributed by atoms with Gasteiger partial charge < -0.3 is 10.1 Å². The minimum Gasteiger partial charge on any atom is -0.497 e. The van der Waals surface area contributed by atoms with Gasteiger partial charge in [-0.15, -0.1) is 0 Å². The first-order chi connectivity index (χ1) is 10.8. The molecule has 1 aliphatic rings. The summed E-state index contributed by atoms with van der Waals surface area (Å²) in [5.74, 6) is 1.97. The van der Waals surface area contributed by atoms with E-state index in [0.29, 0.717) is 6.42 Å². The van der Waals surface area contributed by atoms with Gasteiger partial charge >= 0.3 is 0 Å². The summed E-state index contributed by atoms with van der Waals surface area (Å²) < 4.78 is 5.15. The van der Waals surface area contributed by atoms with Gasteiger partial charge in [0.15, 0.2) is 0 Å². The standard InChI is InChI=1S/C19H29NO2/c1-22-18-12-10-17(11-13-18)8-4-5-9-19(21)20-15-14-16-6-2-3-7-16/h10-13,16H,2-9,14-15H2,1H3,(H,20,21). The van der Waals surface area contributed by atoms with Gasteiger partial charge in [-0.05, 0) is 49.3 Å². The van der Waals surface area contributed by atoms with E-state index in [1.165, 1.54) is 31.2 Å². The van der Waals surface area contributed by atoms with E-state index in [2.05, 4.69) is 17.4 Å². The highest BCUT2D eigenvalue weighted by Gasteiger charge is 2.14. The molecule has 0 spiro atoms. The molecule has 2 rings (SSSR count). The van der Waals surface area contributed by atoms with E-state index in [1.54, 1.807) is 7.11 Å². The molecule has 0 radical (unpaired) electrons. The van der Waals surface area contributed by atoms with Gasteiger partial charge in [0.25, 0.3) is 0 Å². The van der Waals surface area contributed by atoms with Gasteiger partial charge in [0.2, 0.25) is 5.91 Å². The molecule has 122 valence electrons. The maximum atomic E-state index is 11.8. The third kappa shape index (κ3) is 6.08. The summed E-state index contributed by atoms with van der Waals surface area (Å²) in [7, 11) is 1.68. The SMILES string of the molecule is COc1ccc(CCCCC(=O)NCCC2CCCC2)cc1. The molecule has 0 atom stereocenters. The first kappa shape index (κ1) is 16.9. The van der Waals surface area contributed by atoms with Crippen molar-refractivity contribution in [3.8, 4) is 5.75 Å². The molecule has 0 saturated heterocycles. The lowest BCUT2D eigenvalue weighted by atomic mass is 10.0. The van der Waals surface area contributed by atoms with Gasteiger partial charge in [0.1, 0.15) is 5.75 Å². The van der Waals surface area contributed by atoms with Crippen LogP contribution in [0.25, 0.3) is 0 Å². The third-order valence-electron chi connectivity index (χ3n) is 4.63. The van der Waals surface area contributed by atoms with E-state index in [4.69, 9.17) is 4.74 Å². The fraction of sp³-hybridized carbons (Fsp3) is 0.632. The van der Waals surface area contributed by atoms with E-state index < -0.39 is 0 Å². The molecule has 3 heteroatoms. The number of carbonyl (C=O) groups excluding carboxylic acids is 1. The van der Waals surface area contributed by atoms with Gasteiger partial charge in [-0.1, -0.05) is 37.8 Å². The first-order valence-corrected chi connectivity index (χ1v) is 8.67. The fourth-order valence-corrected chi connectivity index (χ4v) is 3.21. The van der Waals surface area contributed by atoms with Crippen LogP contribution in [0.2, 0.25) is 0 Å². The van der Waals surface area contributed by atoms with E-state index in [0.717, 1.165) is 43.9 Å². The highest BCUT2D eigenvalue weighted by Crippen LogP contribution is 2.26. The Balaban J connectivity index is 1.50. The largest absolute Gasteiger partial charge is 0.497 e. The Morgan fingerprint density at radius 1 is 1.18 bits per heavy atom. The molecule has 0 bridgehead atoms. The highest BCUT2D eigenvalue weighted by molar-refractivity contribution is 5.75. The number of amides is 1. The van der Waals surface area contributed by atoms with E-state index >= 15 is 0 Å². The van der Waals surface area contributed by atoms with Crippen molar-refractivity contribution in [2.75, 3.05) is 13.7 Å². The first-order valence-electron chi connectivity index (χ1n) is 8.67. The Bertz CT molecular complexity index is 435. The second-order valence-electron chi connectivity index (χ2n) is 6.34. The minimum atomic E-state index is 0.215. The average molecular weight is 303 g/mol. The summed E-state index contributed by atoms with van der Waals surface area (Å²) in [5, 5.41) is 3.07. The van der Waals surface area contributed by atoms with Crippen molar-refractivity contribution in [2.45, 2.75) is 57.8 Å². The molecular formula is C19H29NO2. The number of methoxy groups -OCH3 is 1. The van der Waals surface area contributed by atoms with Crippen LogP contribution >= 0.6 is 0 Å². The third-order valence-corrected chi connectivity index (χ3v) is 4.63. The molecule has 3 nitrogen and oxygen atoms in total. The monoisotopic (exact) mass is 303 g/mol. The van der Waals surface area contributed by atoms with E-state index in [9.17, 15) is 4.79 Å². The van der Waals surface area contributed by atoms with Crippen molar-refractivity contribution in [3.05, 3.63) is 29.8 Å². The van der Waals surface area contributed by atoms with Gasteiger partial charge in [0, 0.05) is 13.0 Å². The quantitative estimate of drug-likeness (QED) is 0.697. The molecule has 1 aliphatic carbocycles. The molecule has 0 heterocycles. The lowest BCUT2D eigenvalue weighted by molar-refractivity contribution is -0.121. The number of hydrogen-bond donors (Lipinski definition) is 1. The molecule has 1 amide bonds. The average Bonchev–Trinajstić information content (AvgIpc) is 3.05. The lowest BCUT2D eigenvalue weighted by Crippen LogP contribution is -2.25. The number of rotatable bonds is 9. The van der Waals surface area contributed by atoms with Gasteiger partial charge in [0.05, 0.1) is 7.11 Å². The number of unbranched alkanes of at least 4 members (excludes halogenated alkanes) is 1. The molecule has 1 saturated carbocycles. The maximum absolute atomic E-state index is 11.8. The predicted molar refractivity (Wildman–Crippen MR) is 90.1 cm³/mol. The number of carbonyl (C=O) groups is 1. The molecule has 0 aliphatic heterocycles. The van der Waals surface area contributed by atoms with Crippen LogP contribution in [-0.2, 0) is 11.2 Å². The zero-order valence-corrected chi connectivity index (χ0v) is 13.8. The number of ether oxygens (including phenoxy) is 1. The summed E-state index contributed by atoms with van der Waals surface area (Å²) in [4.78, 5) is 11.8. The number of benzene rings is 1. The van der Waals surface area contributed by atoms with Gasteiger partial charge in [-0.25, -0.2) is 0 Å². The number of nitrogens with one attached hydrogen (secondary N) is 1. The van der Waals surface area contributed by atoms with Crippen LogP contribution in [0, 0.1) is 5.92 Å². The van der Waals surface area contributed by atoms with Crippen molar-refractivity contribution in [3.63, 3.8) is 0 Å². The summed E-state index contributed by atoms with van der Waals surface area (Å²) in [6.45, 7) is 0.863. The van der Waals surface area contributed by atoms with Crippen LogP contribution in [-0.4, -0.2) is 19.6 Å². The normalized spacial score (nSPS) is 15.0. The lowest BCUT2D eigenvalue weighted by Gasteiger charge is -2.09. The van der Waals surface area contributed by atoms with E-state index in [1.807, 2.05) is 12.1 Å². The van der Waals surface area contributed by atoms with Gasteiger partial charge in [-0.2, -0.15) is 0 Å². The maximum Gasteiger partial charge on any atom is 0.219 e. The Hall–Kier alpha value is -1.51. The van der Waals surface area contributed by atoms with Crippen molar-refractivity contribution in [1.82, 2.24) is 5.32 Å². The van der Waals surface area contributed by atoms with Crippen LogP contribution in [0.4, 0.5) is 0 Å². The van der Waals surface area contributed by atoms with E-state index in [-0.39, 0.29) is 5.91 Å². The van der Waals surface area contributed by atoms with Crippen molar-refractivity contribution in [2.24, 2.45) is 5.92 Å². The topological polar surface area (TPSA) is 38.3 Å². The fourth-order valence-electron chi connectivity index (χ4n) is 3.21. The summed E-state index contributed by atoms with van der Waals surface area (Å²) >= 11 is 0. The number of hydrogen-bond acceptors (Lipinski definition) is 2. The smallest absolute Gasteiger partial charge is 0.219 e. The minimum absolute atomic E-state index is 0.215. The second-order valence-corrected chi connectivity index (χ2v) is 6.34. The molecule has 1 N–H and O–H groups in total. The molecule has 1 aromatic carbocycles. The van der Waals surface area contributed by atoms with Crippen LogP contribution in [0.1, 0.15) is 56.9 Å². The Morgan fingerprint density at radius 3 is 2.59 bits per heavy atom.